The maximum atomic E-state index is 11.2. The first-order valence-corrected chi connectivity index (χ1v) is 8.22. The van der Waals surface area contributed by atoms with Gasteiger partial charge in [0.1, 0.15) is 0 Å². The van der Waals surface area contributed by atoms with Gasteiger partial charge >= 0.3 is 0 Å². The van der Waals surface area contributed by atoms with Crippen LogP contribution in [-0.4, -0.2) is 48.0 Å². The quantitative estimate of drug-likeness (QED) is 0.937. The highest BCUT2D eigenvalue weighted by Crippen LogP contribution is 2.32. The Bertz CT molecular complexity index is 686. The van der Waals surface area contributed by atoms with Crippen LogP contribution in [0.1, 0.15) is 23.2 Å². The van der Waals surface area contributed by atoms with Gasteiger partial charge in [0, 0.05) is 37.8 Å². The number of anilines is 1. The molecule has 0 unspecified atom stereocenters. The maximum Gasteiger partial charge on any atom is 0.248 e. The van der Waals surface area contributed by atoms with E-state index in [1.54, 1.807) is 17.4 Å². The van der Waals surface area contributed by atoms with Crippen LogP contribution in [0.25, 0.3) is 10.2 Å². The van der Waals surface area contributed by atoms with E-state index in [4.69, 9.17) is 10.7 Å². The van der Waals surface area contributed by atoms with E-state index in [1.807, 2.05) is 12.1 Å². The number of benzene rings is 1. The van der Waals surface area contributed by atoms with Crippen molar-refractivity contribution in [1.82, 2.24) is 9.88 Å². The fourth-order valence-electron chi connectivity index (χ4n) is 2.92. The lowest BCUT2D eigenvalue weighted by atomic mass is 10.2. The smallest absolute Gasteiger partial charge is 0.248 e. The van der Waals surface area contributed by atoms with Crippen molar-refractivity contribution in [2.75, 3.05) is 31.1 Å². The molecule has 0 spiro atoms. The van der Waals surface area contributed by atoms with Crippen LogP contribution in [0.4, 0.5) is 5.13 Å². The largest absolute Gasteiger partial charge is 0.366 e. The fourth-order valence-corrected chi connectivity index (χ4v) is 3.98. The van der Waals surface area contributed by atoms with Gasteiger partial charge in [0.15, 0.2) is 5.13 Å². The Hall–Kier alpha value is -1.66. The molecule has 21 heavy (non-hydrogen) atoms. The van der Waals surface area contributed by atoms with E-state index in [0.29, 0.717) is 5.56 Å². The molecule has 2 N–H and O–H groups in total. The topological polar surface area (TPSA) is 62.5 Å². The standard InChI is InChI=1S/C15H18N4OS/c16-14(20)10-1-4-12-13(9-10)21-15(17-12)19-7-5-18(6-8-19)11-2-3-11/h1,4,9,11H,2-3,5-8H2,(H2,16,20). The number of fused-ring (bicyclic) bond motifs is 1. The first kappa shape index (κ1) is 13.0. The average molecular weight is 302 g/mol. The highest BCUT2D eigenvalue weighted by atomic mass is 32.1. The van der Waals surface area contributed by atoms with Gasteiger partial charge in [-0.25, -0.2) is 4.98 Å². The van der Waals surface area contributed by atoms with Gasteiger partial charge in [-0.2, -0.15) is 0 Å². The monoisotopic (exact) mass is 302 g/mol. The van der Waals surface area contributed by atoms with Crippen molar-refractivity contribution in [3.8, 4) is 0 Å². The number of carbonyl (C=O) groups excluding carboxylic acids is 1. The lowest BCUT2D eigenvalue weighted by Gasteiger charge is -2.34. The van der Waals surface area contributed by atoms with Crippen LogP contribution >= 0.6 is 11.3 Å². The van der Waals surface area contributed by atoms with Crippen LogP contribution in [0.2, 0.25) is 0 Å². The van der Waals surface area contributed by atoms with E-state index in [2.05, 4.69) is 9.80 Å². The Morgan fingerprint density at radius 2 is 2.00 bits per heavy atom. The average Bonchev–Trinajstić information content (AvgIpc) is 3.25. The molecular weight excluding hydrogens is 284 g/mol. The number of piperazine rings is 1. The number of carbonyl (C=O) groups is 1. The molecule has 2 heterocycles. The molecule has 0 radical (unpaired) electrons. The van der Waals surface area contributed by atoms with Crippen LogP contribution in [0.15, 0.2) is 18.2 Å². The molecule has 1 amide bonds. The summed E-state index contributed by atoms with van der Waals surface area (Å²) < 4.78 is 1.03. The Labute approximate surface area is 127 Å². The van der Waals surface area contributed by atoms with E-state index in [-0.39, 0.29) is 5.91 Å². The van der Waals surface area contributed by atoms with E-state index >= 15 is 0 Å². The van der Waals surface area contributed by atoms with Gasteiger partial charge in [0.25, 0.3) is 0 Å². The van der Waals surface area contributed by atoms with Gasteiger partial charge in [-0.05, 0) is 31.0 Å². The fraction of sp³-hybridized carbons (Fsp3) is 0.467. The first-order valence-electron chi connectivity index (χ1n) is 7.40. The van der Waals surface area contributed by atoms with Gasteiger partial charge in [-0.15, -0.1) is 0 Å². The summed E-state index contributed by atoms with van der Waals surface area (Å²) in [4.78, 5) is 20.9. The lowest BCUT2D eigenvalue weighted by molar-refractivity contribution is 0.100. The SMILES string of the molecule is NC(=O)c1ccc2nc(N3CCN(C4CC4)CC3)sc2c1. The zero-order valence-electron chi connectivity index (χ0n) is 11.8. The molecule has 0 bridgehead atoms. The predicted molar refractivity (Wildman–Crippen MR) is 84.9 cm³/mol. The van der Waals surface area contributed by atoms with E-state index in [1.165, 1.54) is 12.8 Å². The number of nitrogens with zero attached hydrogens (tertiary/aromatic N) is 3. The number of rotatable bonds is 3. The summed E-state index contributed by atoms with van der Waals surface area (Å²) in [6, 6.07) is 6.33. The zero-order chi connectivity index (χ0) is 14.4. The van der Waals surface area contributed by atoms with E-state index in [9.17, 15) is 4.79 Å². The third kappa shape index (κ3) is 2.49. The number of nitrogens with two attached hydrogens (primary N) is 1. The minimum atomic E-state index is -0.384. The van der Waals surface area contributed by atoms with Crippen LogP contribution in [0.3, 0.4) is 0 Å². The number of hydrogen-bond donors (Lipinski definition) is 1. The summed E-state index contributed by atoms with van der Waals surface area (Å²) in [5.74, 6) is -0.384. The van der Waals surface area contributed by atoms with Crippen LogP contribution in [-0.2, 0) is 0 Å². The van der Waals surface area contributed by atoms with E-state index < -0.39 is 0 Å². The molecule has 1 aliphatic carbocycles. The van der Waals surface area contributed by atoms with Crippen molar-refractivity contribution in [3.63, 3.8) is 0 Å². The summed E-state index contributed by atoms with van der Waals surface area (Å²) in [5, 5.41) is 1.06. The number of thiazole rings is 1. The second-order valence-electron chi connectivity index (χ2n) is 5.80. The van der Waals surface area contributed by atoms with Crippen molar-refractivity contribution in [3.05, 3.63) is 23.8 Å². The highest BCUT2D eigenvalue weighted by Gasteiger charge is 2.31. The molecule has 2 fully saturated rings. The summed E-state index contributed by atoms with van der Waals surface area (Å²) in [6.45, 7) is 4.35. The van der Waals surface area contributed by atoms with Crippen molar-refractivity contribution >= 4 is 32.6 Å². The Kier molecular flexibility index (Phi) is 3.08. The van der Waals surface area contributed by atoms with Crippen molar-refractivity contribution in [2.45, 2.75) is 18.9 Å². The third-order valence-electron chi connectivity index (χ3n) is 4.31. The van der Waals surface area contributed by atoms with E-state index in [0.717, 1.165) is 47.6 Å². The molecule has 6 heteroatoms. The zero-order valence-corrected chi connectivity index (χ0v) is 12.6. The van der Waals surface area contributed by atoms with Gasteiger partial charge in [-0.1, -0.05) is 11.3 Å². The summed E-state index contributed by atoms with van der Waals surface area (Å²) in [7, 11) is 0. The molecule has 1 aliphatic heterocycles. The van der Waals surface area contributed by atoms with Crippen LogP contribution in [0.5, 0.6) is 0 Å². The summed E-state index contributed by atoms with van der Waals surface area (Å²) in [5.41, 5.74) is 6.83. The second kappa shape index (κ2) is 4.96. The van der Waals surface area contributed by atoms with Gasteiger partial charge in [0.05, 0.1) is 10.2 Å². The summed E-state index contributed by atoms with van der Waals surface area (Å²) >= 11 is 1.65. The molecule has 1 saturated heterocycles. The molecule has 1 aromatic heterocycles. The van der Waals surface area contributed by atoms with Crippen LogP contribution < -0.4 is 10.6 Å². The molecule has 0 atom stereocenters. The van der Waals surface area contributed by atoms with Gasteiger partial charge < -0.3 is 10.6 Å². The normalized spacial score (nSPS) is 20.1. The molecule has 2 aliphatic rings. The Morgan fingerprint density at radius 3 is 2.67 bits per heavy atom. The van der Waals surface area contributed by atoms with Crippen molar-refractivity contribution in [1.29, 1.82) is 0 Å². The number of primary amides is 1. The molecule has 5 nitrogen and oxygen atoms in total. The molecule has 4 rings (SSSR count). The molecule has 2 aromatic rings. The van der Waals surface area contributed by atoms with Crippen LogP contribution in [0, 0.1) is 0 Å². The summed E-state index contributed by atoms with van der Waals surface area (Å²) in [6.07, 6.45) is 2.74. The Balaban J connectivity index is 1.54. The highest BCUT2D eigenvalue weighted by molar-refractivity contribution is 7.22. The number of hydrogen-bond acceptors (Lipinski definition) is 5. The molecule has 1 saturated carbocycles. The first-order chi connectivity index (χ1) is 10.2. The Morgan fingerprint density at radius 1 is 1.24 bits per heavy atom. The minimum Gasteiger partial charge on any atom is -0.366 e. The molecular formula is C15H18N4OS. The van der Waals surface area contributed by atoms with Crippen molar-refractivity contribution < 1.29 is 4.79 Å². The maximum absolute atomic E-state index is 11.2. The van der Waals surface area contributed by atoms with Gasteiger partial charge in [0.2, 0.25) is 5.91 Å². The number of aromatic nitrogens is 1. The van der Waals surface area contributed by atoms with Crippen molar-refractivity contribution in [2.24, 2.45) is 5.73 Å². The number of amides is 1. The minimum absolute atomic E-state index is 0.384. The third-order valence-corrected chi connectivity index (χ3v) is 5.39. The second-order valence-corrected chi connectivity index (χ2v) is 6.81. The van der Waals surface area contributed by atoms with Gasteiger partial charge in [-0.3, -0.25) is 9.69 Å². The predicted octanol–water partition coefficient (Wildman–Crippen LogP) is 1.68. The molecule has 110 valence electrons. The lowest BCUT2D eigenvalue weighted by Crippen LogP contribution is -2.47. The molecule has 1 aromatic carbocycles.